The van der Waals surface area contributed by atoms with Crippen LogP contribution in [0.1, 0.15) is 45.5 Å². The van der Waals surface area contributed by atoms with E-state index in [-0.39, 0.29) is 0 Å². The van der Waals surface area contributed by atoms with E-state index >= 15 is 0 Å². The summed E-state index contributed by atoms with van der Waals surface area (Å²) < 4.78 is 7.78. The standard InChI is InChI=1S/C17H25ClN2O/c1-12(2)8-9-13(3)20-14-6-5-7-15(21-4)17(14)19-16(20)10-11-18/h5-7,12-13H,8-11H2,1-4H3. The number of benzene rings is 1. The van der Waals surface area contributed by atoms with Crippen LogP contribution in [0.2, 0.25) is 0 Å². The maximum absolute atomic E-state index is 5.96. The highest BCUT2D eigenvalue weighted by Crippen LogP contribution is 2.30. The largest absolute Gasteiger partial charge is 0.494 e. The summed E-state index contributed by atoms with van der Waals surface area (Å²) in [6.07, 6.45) is 3.14. The fraction of sp³-hybridized carbons (Fsp3) is 0.588. The van der Waals surface area contributed by atoms with Gasteiger partial charge in [-0.2, -0.15) is 0 Å². The molecule has 0 fully saturated rings. The molecule has 2 rings (SSSR count). The summed E-state index contributed by atoms with van der Waals surface area (Å²) >= 11 is 5.96. The Kier molecular flexibility index (Phi) is 5.51. The topological polar surface area (TPSA) is 27.1 Å². The van der Waals surface area contributed by atoms with Crippen molar-refractivity contribution in [2.45, 2.75) is 46.1 Å². The zero-order valence-corrected chi connectivity index (χ0v) is 14.2. The van der Waals surface area contributed by atoms with Gasteiger partial charge >= 0.3 is 0 Å². The predicted octanol–water partition coefficient (Wildman–Crippen LogP) is 4.82. The smallest absolute Gasteiger partial charge is 0.146 e. The molecule has 0 aliphatic rings. The molecular weight excluding hydrogens is 284 g/mol. The maximum Gasteiger partial charge on any atom is 0.146 e. The van der Waals surface area contributed by atoms with Crippen LogP contribution in [0.25, 0.3) is 11.0 Å². The van der Waals surface area contributed by atoms with Gasteiger partial charge in [0.1, 0.15) is 17.1 Å². The monoisotopic (exact) mass is 308 g/mol. The van der Waals surface area contributed by atoms with Gasteiger partial charge in [0.2, 0.25) is 0 Å². The number of ether oxygens (including phenoxy) is 1. The van der Waals surface area contributed by atoms with Gasteiger partial charge < -0.3 is 9.30 Å². The number of methoxy groups -OCH3 is 1. The highest BCUT2D eigenvalue weighted by Gasteiger charge is 2.18. The molecule has 1 heterocycles. The molecule has 0 spiro atoms. The van der Waals surface area contributed by atoms with Crippen LogP contribution in [0.5, 0.6) is 5.75 Å². The van der Waals surface area contributed by atoms with Crippen molar-refractivity contribution in [3.8, 4) is 5.75 Å². The van der Waals surface area contributed by atoms with E-state index in [9.17, 15) is 0 Å². The third-order valence-electron chi connectivity index (χ3n) is 3.90. The molecule has 2 aromatic rings. The van der Waals surface area contributed by atoms with Crippen LogP contribution in [0, 0.1) is 5.92 Å². The van der Waals surface area contributed by atoms with Gasteiger partial charge in [-0.25, -0.2) is 4.98 Å². The SMILES string of the molecule is COc1cccc2c1nc(CCCl)n2C(C)CCC(C)C. The van der Waals surface area contributed by atoms with Crippen molar-refractivity contribution in [3.63, 3.8) is 0 Å². The highest BCUT2D eigenvalue weighted by molar-refractivity contribution is 6.17. The molecule has 0 saturated heterocycles. The minimum Gasteiger partial charge on any atom is -0.494 e. The molecule has 116 valence electrons. The van der Waals surface area contributed by atoms with Crippen LogP contribution in [0.3, 0.4) is 0 Å². The van der Waals surface area contributed by atoms with Gasteiger partial charge in [0.15, 0.2) is 0 Å². The second kappa shape index (κ2) is 7.17. The number of rotatable bonds is 7. The molecule has 1 aromatic carbocycles. The summed E-state index contributed by atoms with van der Waals surface area (Å²) in [6.45, 7) is 6.80. The summed E-state index contributed by atoms with van der Waals surface area (Å²) in [5.41, 5.74) is 2.09. The Balaban J connectivity index is 2.45. The molecule has 1 atom stereocenters. The normalized spacial score (nSPS) is 13.0. The Bertz CT molecular complexity index is 592. The molecule has 0 bridgehead atoms. The fourth-order valence-electron chi connectivity index (χ4n) is 2.76. The zero-order chi connectivity index (χ0) is 15.4. The Morgan fingerprint density at radius 3 is 2.62 bits per heavy atom. The number of nitrogens with zero attached hydrogens (tertiary/aromatic N) is 2. The summed E-state index contributed by atoms with van der Waals surface area (Å²) in [5, 5.41) is 0. The van der Waals surface area contributed by atoms with Crippen molar-refractivity contribution in [1.29, 1.82) is 0 Å². The minimum atomic E-state index is 0.419. The number of aryl methyl sites for hydroxylation is 1. The first kappa shape index (κ1) is 16.2. The number of halogens is 1. The summed E-state index contributed by atoms with van der Waals surface area (Å²) in [6, 6.07) is 6.53. The van der Waals surface area contributed by atoms with E-state index in [1.165, 1.54) is 6.42 Å². The van der Waals surface area contributed by atoms with Crippen molar-refractivity contribution >= 4 is 22.6 Å². The number of hydrogen-bond donors (Lipinski definition) is 0. The molecule has 0 radical (unpaired) electrons. The van der Waals surface area contributed by atoms with Crippen molar-refractivity contribution in [1.82, 2.24) is 9.55 Å². The van der Waals surface area contributed by atoms with Crippen molar-refractivity contribution in [2.24, 2.45) is 5.92 Å². The molecule has 1 unspecified atom stereocenters. The molecule has 0 aliphatic carbocycles. The molecule has 3 nitrogen and oxygen atoms in total. The van der Waals surface area contributed by atoms with Crippen LogP contribution in [0.4, 0.5) is 0 Å². The number of para-hydroxylation sites is 1. The predicted molar refractivity (Wildman–Crippen MR) is 89.5 cm³/mol. The molecule has 1 aromatic heterocycles. The van der Waals surface area contributed by atoms with Crippen molar-refractivity contribution in [3.05, 3.63) is 24.0 Å². The van der Waals surface area contributed by atoms with E-state index in [1.807, 2.05) is 12.1 Å². The lowest BCUT2D eigenvalue weighted by molar-refractivity contribution is 0.419. The second-order valence-corrected chi connectivity index (χ2v) is 6.36. The van der Waals surface area contributed by atoms with Crippen LogP contribution < -0.4 is 4.74 Å². The molecular formula is C17H25ClN2O. The lowest BCUT2D eigenvalue weighted by Gasteiger charge is -2.18. The first-order chi connectivity index (χ1) is 10.1. The molecule has 0 saturated carbocycles. The second-order valence-electron chi connectivity index (χ2n) is 5.99. The lowest BCUT2D eigenvalue weighted by atomic mass is 10.0. The van der Waals surface area contributed by atoms with Gasteiger partial charge in [-0.3, -0.25) is 0 Å². The quantitative estimate of drug-likeness (QED) is 0.685. The highest BCUT2D eigenvalue weighted by atomic mass is 35.5. The van der Waals surface area contributed by atoms with Crippen LogP contribution >= 0.6 is 11.6 Å². The first-order valence-electron chi connectivity index (χ1n) is 7.68. The lowest BCUT2D eigenvalue weighted by Crippen LogP contribution is -2.11. The van der Waals surface area contributed by atoms with E-state index in [0.29, 0.717) is 17.8 Å². The third-order valence-corrected chi connectivity index (χ3v) is 4.09. The first-order valence-corrected chi connectivity index (χ1v) is 8.21. The Morgan fingerprint density at radius 1 is 1.24 bits per heavy atom. The van der Waals surface area contributed by atoms with E-state index < -0.39 is 0 Å². The maximum atomic E-state index is 5.96. The van der Waals surface area contributed by atoms with Crippen molar-refractivity contribution < 1.29 is 4.74 Å². The van der Waals surface area contributed by atoms with Gasteiger partial charge in [-0.1, -0.05) is 19.9 Å². The summed E-state index contributed by atoms with van der Waals surface area (Å²) in [5.74, 6) is 3.19. The Morgan fingerprint density at radius 2 is 2.00 bits per heavy atom. The number of fused-ring (bicyclic) bond motifs is 1. The number of hydrogen-bond acceptors (Lipinski definition) is 2. The fourth-order valence-corrected chi connectivity index (χ4v) is 2.93. The molecule has 0 aliphatic heterocycles. The van der Waals surface area contributed by atoms with Gasteiger partial charge in [0, 0.05) is 18.3 Å². The average Bonchev–Trinajstić information content (AvgIpc) is 2.83. The molecule has 21 heavy (non-hydrogen) atoms. The molecule has 0 amide bonds. The van der Waals surface area contributed by atoms with E-state index in [1.54, 1.807) is 7.11 Å². The molecule has 0 N–H and O–H groups in total. The number of imidazole rings is 1. The van der Waals surface area contributed by atoms with E-state index in [0.717, 1.165) is 35.4 Å². The summed E-state index contributed by atoms with van der Waals surface area (Å²) in [7, 11) is 1.69. The van der Waals surface area contributed by atoms with Gasteiger partial charge in [0.05, 0.1) is 12.6 Å². The van der Waals surface area contributed by atoms with E-state index in [2.05, 4.69) is 31.4 Å². The Labute approximate surface area is 132 Å². The van der Waals surface area contributed by atoms with Crippen LogP contribution in [-0.4, -0.2) is 22.5 Å². The van der Waals surface area contributed by atoms with E-state index in [4.69, 9.17) is 21.3 Å². The third kappa shape index (κ3) is 3.52. The van der Waals surface area contributed by atoms with Gasteiger partial charge in [0.25, 0.3) is 0 Å². The van der Waals surface area contributed by atoms with Gasteiger partial charge in [-0.15, -0.1) is 11.6 Å². The van der Waals surface area contributed by atoms with Crippen molar-refractivity contribution in [2.75, 3.05) is 13.0 Å². The Hall–Kier alpha value is -1.22. The summed E-state index contributed by atoms with van der Waals surface area (Å²) in [4.78, 5) is 4.77. The zero-order valence-electron chi connectivity index (χ0n) is 13.4. The average molecular weight is 309 g/mol. The van der Waals surface area contributed by atoms with Gasteiger partial charge in [-0.05, 0) is 37.8 Å². The number of alkyl halides is 1. The minimum absolute atomic E-state index is 0.419. The van der Waals surface area contributed by atoms with Crippen LogP contribution in [-0.2, 0) is 6.42 Å². The van der Waals surface area contributed by atoms with Crippen LogP contribution in [0.15, 0.2) is 18.2 Å². The number of aromatic nitrogens is 2. The molecule has 4 heteroatoms.